The van der Waals surface area contributed by atoms with Crippen LogP contribution in [0.3, 0.4) is 0 Å². The van der Waals surface area contributed by atoms with Gasteiger partial charge in [-0.1, -0.05) is 62.2 Å². The van der Waals surface area contributed by atoms with E-state index in [2.05, 4.69) is 41.9 Å². The van der Waals surface area contributed by atoms with E-state index >= 15 is 0 Å². The maximum atomic E-state index is 13.1. The van der Waals surface area contributed by atoms with Gasteiger partial charge in [-0.05, 0) is 62.9 Å². The predicted molar refractivity (Wildman–Crippen MR) is 136 cm³/mol. The van der Waals surface area contributed by atoms with Gasteiger partial charge in [0.15, 0.2) is 0 Å². The van der Waals surface area contributed by atoms with Crippen molar-refractivity contribution in [1.29, 1.82) is 0 Å². The lowest BCUT2D eigenvalue weighted by Gasteiger charge is -2.24. The number of unbranched alkanes of at least 4 members (excludes halogenated alkanes) is 1. The van der Waals surface area contributed by atoms with Crippen molar-refractivity contribution in [3.63, 3.8) is 0 Å². The molecule has 0 saturated carbocycles. The summed E-state index contributed by atoms with van der Waals surface area (Å²) in [4.78, 5) is 13.1. The number of carbonyl (C=O) groups excluding carboxylic acids is 1. The molecule has 0 spiro atoms. The van der Waals surface area contributed by atoms with Crippen molar-refractivity contribution < 1.29 is 9.53 Å². The van der Waals surface area contributed by atoms with Gasteiger partial charge in [0.1, 0.15) is 5.75 Å². The van der Waals surface area contributed by atoms with Gasteiger partial charge in [-0.15, -0.1) is 0 Å². The van der Waals surface area contributed by atoms with Crippen LogP contribution < -0.4 is 20.7 Å². The molecule has 33 heavy (non-hydrogen) atoms. The van der Waals surface area contributed by atoms with Crippen LogP contribution >= 0.6 is 0 Å². The molecule has 0 radical (unpaired) electrons. The maximum Gasteiger partial charge on any atom is 0.227 e. The molecule has 3 unspecified atom stereocenters. The van der Waals surface area contributed by atoms with E-state index in [1.165, 1.54) is 25.7 Å². The van der Waals surface area contributed by atoms with Crippen LogP contribution in [-0.4, -0.2) is 37.7 Å². The van der Waals surface area contributed by atoms with Crippen LogP contribution in [0.25, 0.3) is 0 Å². The molecule has 180 valence electrons. The summed E-state index contributed by atoms with van der Waals surface area (Å²) < 4.78 is 6.07. The molecule has 1 fully saturated rings. The molecule has 4 atom stereocenters. The van der Waals surface area contributed by atoms with Gasteiger partial charge in [-0.3, -0.25) is 4.79 Å². The molecule has 1 heterocycles. The topological polar surface area (TPSA) is 62.4 Å². The smallest absolute Gasteiger partial charge is 0.227 e. The van der Waals surface area contributed by atoms with E-state index in [1.807, 2.05) is 49.4 Å². The van der Waals surface area contributed by atoms with Gasteiger partial charge in [0.2, 0.25) is 5.91 Å². The zero-order chi connectivity index (χ0) is 23.5. The summed E-state index contributed by atoms with van der Waals surface area (Å²) in [5, 5.41) is 10.4. The number of hydrogen-bond acceptors (Lipinski definition) is 4. The first kappa shape index (κ1) is 25.3. The third kappa shape index (κ3) is 8.17. The maximum absolute atomic E-state index is 13.1. The average Bonchev–Trinajstić information content (AvgIpc) is 3.36. The van der Waals surface area contributed by atoms with Gasteiger partial charge in [0.25, 0.3) is 0 Å². The van der Waals surface area contributed by atoms with Crippen LogP contribution in [0.15, 0.2) is 54.6 Å². The highest BCUT2D eigenvalue weighted by Gasteiger charge is 2.21. The largest absolute Gasteiger partial charge is 0.491 e. The Morgan fingerprint density at radius 2 is 1.85 bits per heavy atom. The fraction of sp³-hybridized carbons (Fsp3) is 0.536. The van der Waals surface area contributed by atoms with Crippen molar-refractivity contribution >= 4 is 5.91 Å². The highest BCUT2D eigenvalue weighted by Crippen LogP contribution is 2.22. The van der Waals surface area contributed by atoms with E-state index in [4.69, 9.17) is 4.74 Å². The molecule has 1 aliphatic rings. The Kier molecular flexibility index (Phi) is 10.2. The summed E-state index contributed by atoms with van der Waals surface area (Å²) in [6.07, 6.45) is 6.07. The van der Waals surface area contributed by atoms with Gasteiger partial charge >= 0.3 is 0 Å². The molecule has 0 aliphatic carbocycles. The lowest BCUT2D eigenvalue weighted by molar-refractivity contribution is -0.123. The molecular formula is C28H41N3O2. The molecule has 3 N–H and O–H groups in total. The van der Waals surface area contributed by atoms with Crippen molar-refractivity contribution in [3.8, 4) is 5.75 Å². The van der Waals surface area contributed by atoms with Crippen molar-refractivity contribution in [2.45, 2.75) is 77.0 Å². The minimum atomic E-state index is -0.202. The summed E-state index contributed by atoms with van der Waals surface area (Å²) in [6.45, 7) is 8.99. The Morgan fingerprint density at radius 3 is 2.52 bits per heavy atom. The van der Waals surface area contributed by atoms with Crippen molar-refractivity contribution in [2.24, 2.45) is 0 Å². The first-order chi connectivity index (χ1) is 16.1. The van der Waals surface area contributed by atoms with Gasteiger partial charge in [-0.2, -0.15) is 0 Å². The molecule has 5 heteroatoms. The fourth-order valence-electron chi connectivity index (χ4n) is 4.34. The zero-order valence-corrected chi connectivity index (χ0v) is 20.5. The first-order valence-electron chi connectivity index (χ1n) is 12.6. The van der Waals surface area contributed by atoms with Crippen molar-refractivity contribution in [2.75, 3.05) is 19.6 Å². The van der Waals surface area contributed by atoms with Gasteiger partial charge in [-0.25, -0.2) is 0 Å². The highest BCUT2D eigenvalue weighted by atomic mass is 16.5. The standard InChI is InChI=1S/C28H41N3O2/c1-4-5-10-21(2)33-26-16-14-24(15-17-26)27(20-29-19-25-13-9-18-30-25)31-28(32)22(3)23-11-7-6-8-12-23/h6-8,11-12,14-17,21-22,25,27,29-30H,4-5,9-10,13,18-20H2,1-3H3,(H,31,32)/t21?,22?,25-,27?/m1/s1. The molecular weight excluding hydrogens is 410 g/mol. The normalized spacial score (nSPS) is 18.5. The van der Waals surface area contributed by atoms with Crippen LogP contribution in [0.2, 0.25) is 0 Å². The molecule has 1 aliphatic heterocycles. The highest BCUT2D eigenvalue weighted by molar-refractivity contribution is 5.83. The first-order valence-corrected chi connectivity index (χ1v) is 12.6. The number of carbonyl (C=O) groups is 1. The van der Waals surface area contributed by atoms with Crippen molar-refractivity contribution in [1.82, 2.24) is 16.0 Å². The minimum Gasteiger partial charge on any atom is -0.491 e. The Balaban J connectivity index is 1.64. The molecule has 1 saturated heterocycles. The van der Waals surface area contributed by atoms with Crippen LogP contribution in [0.4, 0.5) is 0 Å². The third-order valence-corrected chi connectivity index (χ3v) is 6.49. The monoisotopic (exact) mass is 451 g/mol. The number of hydrogen-bond donors (Lipinski definition) is 3. The molecule has 2 aromatic carbocycles. The lowest BCUT2D eigenvalue weighted by atomic mass is 9.99. The Hall–Kier alpha value is -2.37. The van der Waals surface area contributed by atoms with E-state index in [9.17, 15) is 4.79 Å². The number of amides is 1. The fourth-order valence-corrected chi connectivity index (χ4v) is 4.34. The number of nitrogens with one attached hydrogen (secondary N) is 3. The van der Waals surface area contributed by atoms with Crippen LogP contribution in [0.5, 0.6) is 5.75 Å². The predicted octanol–water partition coefficient (Wildman–Crippen LogP) is 4.95. The van der Waals surface area contributed by atoms with Crippen LogP contribution in [-0.2, 0) is 4.79 Å². The SMILES string of the molecule is CCCCC(C)Oc1ccc(C(CNC[C@H]2CCCN2)NC(=O)C(C)c2ccccc2)cc1. The van der Waals surface area contributed by atoms with E-state index < -0.39 is 0 Å². The second kappa shape index (κ2) is 13.4. The molecule has 0 bridgehead atoms. The van der Waals surface area contributed by atoms with Gasteiger partial charge in [0, 0.05) is 19.1 Å². The van der Waals surface area contributed by atoms with E-state index in [1.54, 1.807) is 0 Å². The van der Waals surface area contributed by atoms with Crippen molar-refractivity contribution in [3.05, 3.63) is 65.7 Å². The Morgan fingerprint density at radius 1 is 1.09 bits per heavy atom. The molecule has 1 amide bonds. The second-order valence-electron chi connectivity index (χ2n) is 9.28. The number of ether oxygens (including phenoxy) is 1. The van der Waals surface area contributed by atoms with Gasteiger partial charge < -0.3 is 20.7 Å². The van der Waals surface area contributed by atoms with Gasteiger partial charge in [0.05, 0.1) is 18.1 Å². The van der Waals surface area contributed by atoms with Crippen LogP contribution in [0.1, 0.15) is 76.0 Å². The molecule has 2 aromatic rings. The Labute approximate surface area is 199 Å². The summed E-state index contributed by atoms with van der Waals surface area (Å²) in [5.74, 6) is 0.723. The van der Waals surface area contributed by atoms with E-state index in [-0.39, 0.29) is 24.0 Å². The zero-order valence-electron chi connectivity index (χ0n) is 20.5. The summed E-state index contributed by atoms with van der Waals surface area (Å²) in [5.41, 5.74) is 2.12. The third-order valence-electron chi connectivity index (χ3n) is 6.49. The Bertz CT molecular complexity index is 819. The summed E-state index contributed by atoms with van der Waals surface area (Å²) in [6, 6.07) is 18.6. The average molecular weight is 452 g/mol. The summed E-state index contributed by atoms with van der Waals surface area (Å²) >= 11 is 0. The van der Waals surface area contributed by atoms with Crippen LogP contribution in [0, 0.1) is 0 Å². The summed E-state index contributed by atoms with van der Waals surface area (Å²) in [7, 11) is 0. The lowest BCUT2D eigenvalue weighted by Crippen LogP contribution is -2.41. The molecule has 3 rings (SSSR count). The second-order valence-corrected chi connectivity index (χ2v) is 9.28. The van der Waals surface area contributed by atoms with E-state index in [0.717, 1.165) is 36.4 Å². The molecule has 0 aromatic heterocycles. The molecule has 5 nitrogen and oxygen atoms in total. The minimum absolute atomic E-state index is 0.0421. The van der Waals surface area contributed by atoms with E-state index in [0.29, 0.717) is 12.6 Å². The number of benzene rings is 2. The number of rotatable bonds is 13. The quantitative estimate of drug-likeness (QED) is 0.403.